The molecule has 1 atom stereocenters. The predicted molar refractivity (Wildman–Crippen MR) is 69.4 cm³/mol. The number of halogens is 1. The third kappa shape index (κ3) is 5.19. The third-order valence-electron chi connectivity index (χ3n) is 2.38. The van der Waals surface area contributed by atoms with Crippen LogP contribution < -0.4 is 4.74 Å². The standard InChI is InChI=1S/C12H16BrNO3/c1-14(2)10(7-12(15)16)8-17-11-5-3-4-9(13)6-11/h3-6,10H,7-8H2,1-2H3,(H,15,16). The van der Waals surface area contributed by atoms with Gasteiger partial charge in [0.15, 0.2) is 0 Å². The van der Waals surface area contributed by atoms with Crippen molar-refractivity contribution in [2.45, 2.75) is 12.5 Å². The summed E-state index contributed by atoms with van der Waals surface area (Å²) in [4.78, 5) is 12.5. The van der Waals surface area contributed by atoms with Gasteiger partial charge in [0.25, 0.3) is 0 Å². The first-order chi connectivity index (χ1) is 7.99. The van der Waals surface area contributed by atoms with Gasteiger partial charge in [-0.05, 0) is 32.3 Å². The zero-order valence-electron chi connectivity index (χ0n) is 9.89. The Morgan fingerprint density at radius 1 is 1.53 bits per heavy atom. The lowest BCUT2D eigenvalue weighted by Crippen LogP contribution is -2.35. The number of carboxylic acids is 1. The Morgan fingerprint density at radius 2 is 2.24 bits per heavy atom. The molecule has 0 radical (unpaired) electrons. The zero-order chi connectivity index (χ0) is 12.8. The van der Waals surface area contributed by atoms with Gasteiger partial charge in [0.1, 0.15) is 12.4 Å². The average molecular weight is 302 g/mol. The van der Waals surface area contributed by atoms with E-state index in [1.54, 1.807) is 0 Å². The Labute approximate surface area is 109 Å². The highest BCUT2D eigenvalue weighted by atomic mass is 79.9. The molecule has 0 amide bonds. The molecule has 0 aliphatic rings. The second kappa shape index (κ2) is 6.61. The summed E-state index contributed by atoms with van der Waals surface area (Å²) >= 11 is 3.35. The van der Waals surface area contributed by atoms with Crippen LogP contribution in [0.4, 0.5) is 0 Å². The fraction of sp³-hybridized carbons (Fsp3) is 0.417. The van der Waals surface area contributed by atoms with E-state index in [9.17, 15) is 4.79 Å². The Bertz CT molecular complexity index is 382. The van der Waals surface area contributed by atoms with Gasteiger partial charge in [-0.3, -0.25) is 4.79 Å². The van der Waals surface area contributed by atoms with Crippen molar-refractivity contribution in [2.75, 3.05) is 20.7 Å². The molecule has 0 aromatic heterocycles. The molecule has 1 rings (SSSR count). The molecule has 1 aromatic carbocycles. The molecule has 0 heterocycles. The van der Waals surface area contributed by atoms with Crippen molar-refractivity contribution < 1.29 is 14.6 Å². The second-order valence-electron chi connectivity index (χ2n) is 3.98. The quantitative estimate of drug-likeness (QED) is 0.875. The zero-order valence-corrected chi connectivity index (χ0v) is 11.5. The van der Waals surface area contributed by atoms with Gasteiger partial charge >= 0.3 is 5.97 Å². The summed E-state index contributed by atoms with van der Waals surface area (Å²) in [6.45, 7) is 0.357. The van der Waals surface area contributed by atoms with Crippen LogP contribution >= 0.6 is 15.9 Å². The Balaban J connectivity index is 2.54. The summed E-state index contributed by atoms with van der Waals surface area (Å²) in [7, 11) is 3.69. The van der Waals surface area contributed by atoms with Crippen LogP contribution in [0.15, 0.2) is 28.7 Å². The molecule has 0 bridgehead atoms. The smallest absolute Gasteiger partial charge is 0.305 e. The monoisotopic (exact) mass is 301 g/mol. The number of carboxylic acid groups (broad SMARTS) is 1. The van der Waals surface area contributed by atoms with Crippen LogP contribution in [-0.2, 0) is 4.79 Å². The van der Waals surface area contributed by atoms with E-state index in [-0.39, 0.29) is 12.5 Å². The van der Waals surface area contributed by atoms with Crippen molar-refractivity contribution in [3.63, 3.8) is 0 Å². The van der Waals surface area contributed by atoms with Gasteiger partial charge in [-0.15, -0.1) is 0 Å². The number of carbonyl (C=O) groups is 1. The maximum absolute atomic E-state index is 10.7. The molecular formula is C12H16BrNO3. The molecule has 0 aliphatic carbocycles. The van der Waals surface area contributed by atoms with E-state index in [1.807, 2.05) is 43.3 Å². The largest absolute Gasteiger partial charge is 0.492 e. The highest BCUT2D eigenvalue weighted by molar-refractivity contribution is 9.10. The summed E-state index contributed by atoms with van der Waals surface area (Å²) in [6, 6.07) is 7.35. The number of hydrogen-bond donors (Lipinski definition) is 1. The van der Waals surface area contributed by atoms with E-state index < -0.39 is 5.97 Å². The Kier molecular flexibility index (Phi) is 5.44. The molecule has 1 unspecified atom stereocenters. The number of aliphatic carboxylic acids is 1. The number of benzene rings is 1. The number of hydrogen-bond acceptors (Lipinski definition) is 3. The topological polar surface area (TPSA) is 49.8 Å². The number of nitrogens with zero attached hydrogens (tertiary/aromatic N) is 1. The Hall–Kier alpha value is -1.07. The summed E-state index contributed by atoms with van der Waals surface area (Å²) in [5.41, 5.74) is 0. The van der Waals surface area contributed by atoms with E-state index in [2.05, 4.69) is 15.9 Å². The molecule has 1 aromatic rings. The minimum Gasteiger partial charge on any atom is -0.492 e. The normalized spacial score (nSPS) is 12.5. The van der Waals surface area contributed by atoms with Crippen molar-refractivity contribution in [1.82, 2.24) is 4.90 Å². The van der Waals surface area contributed by atoms with Gasteiger partial charge in [0.2, 0.25) is 0 Å². The fourth-order valence-electron chi connectivity index (χ4n) is 1.34. The highest BCUT2D eigenvalue weighted by Crippen LogP contribution is 2.18. The third-order valence-corrected chi connectivity index (χ3v) is 2.87. The van der Waals surface area contributed by atoms with E-state index in [4.69, 9.17) is 9.84 Å². The molecule has 0 spiro atoms. The molecule has 5 heteroatoms. The van der Waals surface area contributed by atoms with E-state index in [0.717, 1.165) is 10.2 Å². The number of rotatable bonds is 6. The van der Waals surface area contributed by atoms with Crippen LogP contribution in [-0.4, -0.2) is 42.7 Å². The van der Waals surface area contributed by atoms with Crippen molar-refractivity contribution in [3.05, 3.63) is 28.7 Å². The van der Waals surface area contributed by atoms with Crippen LogP contribution in [0.2, 0.25) is 0 Å². The summed E-state index contributed by atoms with van der Waals surface area (Å²) < 4.78 is 6.52. The maximum atomic E-state index is 10.7. The minimum atomic E-state index is -0.818. The van der Waals surface area contributed by atoms with E-state index in [0.29, 0.717) is 6.61 Å². The maximum Gasteiger partial charge on any atom is 0.305 e. The van der Waals surface area contributed by atoms with Gasteiger partial charge in [-0.2, -0.15) is 0 Å². The average Bonchev–Trinajstić information content (AvgIpc) is 2.23. The summed E-state index contributed by atoms with van der Waals surface area (Å²) in [5, 5.41) is 8.78. The van der Waals surface area contributed by atoms with Crippen LogP contribution in [0.1, 0.15) is 6.42 Å². The lowest BCUT2D eigenvalue weighted by atomic mass is 10.2. The molecule has 0 aliphatic heterocycles. The lowest BCUT2D eigenvalue weighted by molar-refractivity contribution is -0.138. The SMILES string of the molecule is CN(C)C(COc1cccc(Br)c1)CC(=O)O. The molecule has 4 nitrogen and oxygen atoms in total. The van der Waals surface area contributed by atoms with Crippen molar-refractivity contribution in [1.29, 1.82) is 0 Å². The molecule has 17 heavy (non-hydrogen) atoms. The van der Waals surface area contributed by atoms with Crippen LogP contribution in [0.5, 0.6) is 5.75 Å². The molecular weight excluding hydrogens is 286 g/mol. The number of ether oxygens (including phenoxy) is 1. The first kappa shape index (κ1) is 14.0. The predicted octanol–water partition coefficient (Wildman–Crippen LogP) is 2.23. The van der Waals surface area contributed by atoms with Gasteiger partial charge in [0, 0.05) is 4.47 Å². The van der Waals surface area contributed by atoms with Crippen LogP contribution in [0, 0.1) is 0 Å². The van der Waals surface area contributed by atoms with Gasteiger partial charge in [-0.1, -0.05) is 22.0 Å². The van der Waals surface area contributed by atoms with Crippen LogP contribution in [0.25, 0.3) is 0 Å². The molecule has 0 fully saturated rings. The highest BCUT2D eigenvalue weighted by Gasteiger charge is 2.16. The van der Waals surface area contributed by atoms with Crippen molar-refractivity contribution in [2.24, 2.45) is 0 Å². The van der Waals surface area contributed by atoms with Crippen LogP contribution in [0.3, 0.4) is 0 Å². The molecule has 94 valence electrons. The lowest BCUT2D eigenvalue weighted by Gasteiger charge is -2.22. The van der Waals surface area contributed by atoms with Gasteiger partial charge in [0.05, 0.1) is 12.5 Å². The van der Waals surface area contributed by atoms with Gasteiger partial charge < -0.3 is 14.7 Å². The first-order valence-corrected chi connectivity index (χ1v) is 6.05. The molecule has 0 saturated heterocycles. The number of likely N-dealkylation sites (N-methyl/N-ethyl adjacent to an activating group) is 1. The molecule has 1 N–H and O–H groups in total. The molecule has 0 saturated carbocycles. The Morgan fingerprint density at radius 3 is 2.76 bits per heavy atom. The van der Waals surface area contributed by atoms with Crippen molar-refractivity contribution >= 4 is 21.9 Å². The summed E-state index contributed by atoms with van der Waals surface area (Å²) in [6.07, 6.45) is 0.0704. The van der Waals surface area contributed by atoms with Gasteiger partial charge in [-0.25, -0.2) is 0 Å². The second-order valence-corrected chi connectivity index (χ2v) is 4.90. The van der Waals surface area contributed by atoms with Crippen molar-refractivity contribution in [3.8, 4) is 5.75 Å². The first-order valence-electron chi connectivity index (χ1n) is 5.25. The summed E-state index contributed by atoms with van der Waals surface area (Å²) in [5.74, 6) is -0.0850. The van der Waals surface area contributed by atoms with E-state index in [1.165, 1.54) is 0 Å². The minimum absolute atomic E-state index is 0.0704. The van der Waals surface area contributed by atoms with E-state index >= 15 is 0 Å². The fourth-order valence-corrected chi connectivity index (χ4v) is 1.72.